The van der Waals surface area contributed by atoms with Gasteiger partial charge in [-0.15, -0.1) is 0 Å². The molecule has 26 heavy (non-hydrogen) atoms. The summed E-state index contributed by atoms with van der Waals surface area (Å²) in [6, 6.07) is 4.87. The van der Waals surface area contributed by atoms with Crippen LogP contribution in [0.5, 0.6) is 0 Å². The number of furan rings is 1. The molecule has 2 aliphatic rings. The molecule has 1 aromatic carbocycles. The lowest BCUT2D eigenvalue weighted by Gasteiger charge is -2.42. The van der Waals surface area contributed by atoms with E-state index in [1.165, 1.54) is 25.0 Å². The van der Waals surface area contributed by atoms with E-state index in [1.807, 2.05) is 18.7 Å². The summed E-state index contributed by atoms with van der Waals surface area (Å²) in [7, 11) is 0. The lowest BCUT2D eigenvalue weighted by Crippen LogP contribution is -2.59. The summed E-state index contributed by atoms with van der Waals surface area (Å²) >= 11 is 0. The number of nitrogens with zero attached hydrogens (tertiary/aromatic N) is 2. The van der Waals surface area contributed by atoms with Gasteiger partial charge in [-0.2, -0.15) is 0 Å². The average molecular weight is 359 g/mol. The van der Waals surface area contributed by atoms with Gasteiger partial charge in [0.1, 0.15) is 17.2 Å². The fourth-order valence-corrected chi connectivity index (χ4v) is 4.43. The minimum absolute atomic E-state index is 0.0532. The molecule has 4 rings (SSSR count). The lowest BCUT2D eigenvalue weighted by molar-refractivity contribution is 0.0790. The lowest BCUT2D eigenvalue weighted by atomic mass is 10.1. The molecule has 2 saturated heterocycles. The fraction of sp³-hybridized carbons (Fsp3) is 0.550. The molecule has 0 bridgehead atoms. The number of halogens is 1. The molecule has 5 nitrogen and oxygen atoms in total. The predicted octanol–water partition coefficient (Wildman–Crippen LogP) is 3.82. The first kappa shape index (κ1) is 17.3. The maximum absolute atomic E-state index is 13.5. The van der Waals surface area contributed by atoms with Crippen molar-refractivity contribution < 1.29 is 13.6 Å². The summed E-state index contributed by atoms with van der Waals surface area (Å²) < 4.78 is 19.4. The SMILES string of the molecule is Cc1c(C(C)NC(=O)N2CC3CCCN3CC2C)oc2ccc(F)cc12. The molecular weight excluding hydrogens is 333 g/mol. The molecule has 3 unspecified atom stereocenters. The topological polar surface area (TPSA) is 48.7 Å². The van der Waals surface area contributed by atoms with Crippen molar-refractivity contribution in [2.45, 2.75) is 51.7 Å². The van der Waals surface area contributed by atoms with Gasteiger partial charge in [0.05, 0.1) is 6.04 Å². The van der Waals surface area contributed by atoms with E-state index in [-0.39, 0.29) is 23.9 Å². The second kappa shape index (κ2) is 6.58. The van der Waals surface area contributed by atoms with Gasteiger partial charge in [-0.05, 0) is 58.4 Å². The number of urea groups is 1. The molecule has 2 amide bonds. The zero-order valence-corrected chi connectivity index (χ0v) is 15.6. The molecule has 140 valence electrons. The molecule has 3 heterocycles. The van der Waals surface area contributed by atoms with E-state index >= 15 is 0 Å². The Morgan fingerprint density at radius 2 is 2.19 bits per heavy atom. The van der Waals surface area contributed by atoms with E-state index in [1.54, 1.807) is 6.07 Å². The average Bonchev–Trinajstić information content (AvgIpc) is 3.18. The number of hydrogen-bond donors (Lipinski definition) is 1. The number of rotatable bonds is 2. The van der Waals surface area contributed by atoms with E-state index in [4.69, 9.17) is 4.42 Å². The van der Waals surface area contributed by atoms with E-state index in [9.17, 15) is 9.18 Å². The van der Waals surface area contributed by atoms with Crippen molar-refractivity contribution in [2.24, 2.45) is 0 Å². The summed E-state index contributed by atoms with van der Waals surface area (Å²) in [6.45, 7) is 8.79. The number of piperazine rings is 1. The second-order valence-corrected chi connectivity index (χ2v) is 7.70. The first-order valence-electron chi connectivity index (χ1n) is 9.43. The summed E-state index contributed by atoms with van der Waals surface area (Å²) in [5.41, 5.74) is 1.52. The number of amides is 2. The highest BCUT2D eigenvalue weighted by Gasteiger charge is 2.37. The molecule has 1 N–H and O–H groups in total. The Hall–Kier alpha value is -2.08. The number of benzene rings is 1. The van der Waals surface area contributed by atoms with Gasteiger partial charge in [0.2, 0.25) is 0 Å². The molecule has 1 aromatic heterocycles. The van der Waals surface area contributed by atoms with Crippen LogP contribution < -0.4 is 5.32 Å². The maximum Gasteiger partial charge on any atom is 0.318 e. The molecule has 0 spiro atoms. The van der Waals surface area contributed by atoms with E-state index in [0.717, 1.165) is 30.6 Å². The number of carbonyl (C=O) groups is 1. The van der Waals surface area contributed by atoms with E-state index in [2.05, 4.69) is 17.1 Å². The van der Waals surface area contributed by atoms with Gasteiger partial charge < -0.3 is 14.6 Å². The van der Waals surface area contributed by atoms with Crippen molar-refractivity contribution in [2.75, 3.05) is 19.6 Å². The van der Waals surface area contributed by atoms with Crippen LogP contribution in [-0.4, -0.2) is 47.5 Å². The highest BCUT2D eigenvalue weighted by molar-refractivity contribution is 5.82. The highest BCUT2D eigenvalue weighted by atomic mass is 19.1. The molecule has 2 aromatic rings. The van der Waals surface area contributed by atoms with Crippen molar-refractivity contribution >= 4 is 17.0 Å². The zero-order valence-electron chi connectivity index (χ0n) is 15.6. The Labute approximate surface area is 153 Å². The third-order valence-electron chi connectivity index (χ3n) is 5.87. The Balaban J connectivity index is 1.50. The molecule has 0 radical (unpaired) electrons. The highest BCUT2D eigenvalue weighted by Crippen LogP contribution is 2.30. The number of aryl methyl sites for hydroxylation is 1. The fourth-order valence-electron chi connectivity index (χ4n) is 4.43. The third kappa shape index (κ3) is 2.96. The third-order valence-corrected chi connectivity index (χ3v) is 5.87. The summed E-state index contributed by atoms with van der Waals surface area (Å²) in [4.78, 5) is 17.3. The van der Waals surface area contributed by atoms with Crippen LogP contribution in [0.2, 0.25) is 0 Å². The summed E-state index contributed by atoms with van der Waals surface area (Å²) in [5, 5.41) is 3.83. The molecule has 0 aliphatic carbocycles. The molecule has 2 fully saturated rings. The van der Waals surface area contributed by atoms with Crippen LogP contribution in [0.3, 0.4) is 0 Å². The van der Waals surface area contributed by atoms with Crippen molar-refractivity contribution in [3.05, 3.63) is 35.3 Å². The smallest absolute Gasteiger partial charge is 0.318 e. The van der Waals surface area contributed by atoms with Crippen molar-refractivity contribution in [1.82, 2.24) is 15.1 Å². The molecule has 0 saturated carbocycles. The Morgan fingerprint density at radius 1 is 1.38 bits per heavy atom. The summed E-state index contributed by atoms with van der Waals surface area (Å²) in [6.07, 6.45) is 2.39. The van der Waals surface area contributed by atoms with Crippen LogP contribution in [0, 0.1) is 12.7 Å². The van der Waals surface area contributed by atoms with Gasteiger partial charge in [-0.3, -0.25) is 4.90 Å². The van der Waals surface area contributed by atoms with Gasteiger partial charge in [0.25, 0.3) is 0 Å². The normalized spacial score (nSPS) is 24.7. The summed E-state index contributed by atoms with van der Waals surface area (Å²) in [5.74, 6) is 0.402. The van der Waals surface area contributed by atoms with Crippen LogP contribution in [0.25, 0.3) is 11.0 Å². The maximum atomic E-state index is 13.5. The molecule has 2 aliphatic heterocycles. The van der Waals surface area contributed by atoms with Crippen LogP contribution >= 0.6 is 0 Å². The van der Waals surface area contributed by atoms with Gasteiger partial charge in [-0.25, -0.2) is 9.18 Å². The van der Waals surface area contributed by atoms with Crippen molar-refractivity contribution in [3.8, 4) is 0 Å². The largest absolute Gasteiger partial charge is 0.459 e. The number of hydrogen-bond acceptors (Lipinski definition) is 3. The van der Waals surface area contributed by atoms with Crippen LogP contribution in [0.4, 0.5) is 9.18 Å². The van der Waals surface area contributed by atoms with Gasteiger partial charge in [-0.1, -0.05) is 0 Å². The number of fused-ring (bicyclic) bond motifs is 2. The van der Waals surface area contributed by atoms with E-state index < -0.39 is 0 Å². The van der Waals surface area contributed by atoms with Crippen LogP contribution in [0.1, 0.15) is 44.1 Å². The predicted molar refractivity (Wildman–Crippen MR) is 98.6 cm³/mol. The van der Waals surface area contributed by atoms with Crippen molar-refractivity contribution in [1.29, 1.82) is 0 Å². The zero-order chi connectivity index (χ0) is 18.4. The first-order valence-corrected chi connectivity index (χ1v) is 9.43. The number of carbonyl (C=O) groups excluding carboxylic acids is 1. The molecule has 3 atom stereocenters. The van der Waals surface area contributed by atoms with Crippen molar-refractivity contribution in [3.63, 3.8) is 0 Å². The molecule has 6 heteroatoms. The second-order valence-electron chi connectivity index (χ2n) is 7.70. The van der Waals surface area contributed by atoms with Crippen LogP contribution in [-0.2, 0) is 0 Å². The standard InChI is InChI=1S/C20H26FN3O2/c1-12-10-23-8-4-5-16(23)11-24(12)20(25)22-14(3)19-13(2)17-9-15(21)6-7-18(17)26-19/h6-7,9,12,14,16H,4-5,8,10-11H2,1-3H3,(H,22,25). The Morgan fingerprint density at radius 3 is 3.00 bits per heavy atom. The quantitative estimate of drug-likeness (QED) is 0.887. The van der Waals surface area contributed by atoms with Gasteiger partial charge >= 0.3 is 6.03 Å². The molecular formula is C20H26FN3O2. The Bertz CT molecular complexity index is 834. The Kier molecular flexibility index (Phi) is 4.39. The first-order chi connectivity index (χ1) is 12.4. The minimum Gasteiger partial charge on any atom is -0.459 e. The number of nitrogens with one attached hydrogen (secondary N) is 1. The van der Waals surface area contributed by atoms with Crippen LogP contribution in [0.15, 0.2) is 22.6 Å². The van der Waals surface area contributed by atoms with Gasteiger partial charge in [0, 0.05) is 36.1 Å². The van der Waals surface area contributed by atoms with Gasteiger partial charge in [0.15, 0.2) is 0 Å². The monoisotopic (exact) mass is 359 g/mol. The van der Waals surface area contributed by atoms with E-state index in [0.29, 0.717) is 17.4 Å². The minimum atomic E-state index is -0.284.